The molecule has 1 aromatic heterocycles. The molecule has 0 saturated heterocycles. The number of nitrogens with zero attached hydrogens (tertiary/aromatic N) is 2. The number of pyridine rings is 1. The van der Waals surface area contributed by atoms with Crippen molar-refractivity contribution in [3.8, 4) is 5.88 Å². The van der Waals surface area contributed by atoms with Crippen LogP contribution in [-0.4, -0.2) is 43.7 Å². The Balaban J connectivity index is 2.37. The molecule has 0 aromatic carbocycles. The average molecular weight is 209 g/mol. The molecule has 0 radical (unpaired) electrons. The van der Waals surface area contributed by atoms with E-state index in [4.69, 9.17) is 4.74 Å². The summed E-state index contributed by atoms with van der Waals surface area (Å²) < 4.78 is 5.04. The van der Waals surface area contributed by atoms with E-state index in [0.29, 0.717) is 5.88 Å². The van der Waals surface area contributed by atoms with Crippen LogP contribution in [0, 0.1) is 0 Å². The topological polar surface area (TPSA) is 37.4 Å². The van der Waals surface area contributed by atoms with Gasteiger partial charge >= 0.3 is 0 Å². The second kappa shape index (κ2) is 6.24. The summed E-state index contributed by atoms with van der Waals surface area (Å²) in [4.78, 5) is 6.30. The lowest BCUT2D eigenvalue weighted by Crippen LogP contribution is -2.24. The molecule has 0 spiro atoms. The average Bonchev–Trinajstić information content (AvgIpc) is 2.29. The van der Waals surface area contributed by atoms with Gasteiger partial charge in [0.05, 0.1) is 7.11 Å². The quantitative estimate of drug-likeness (QED) is 0.769. The Kier molecular flexibility index (Phi) is 4.90. The van der Waals surface area contributed by atoms with Gasteiger partial charge in [0.1, 0.15) is 0 Å². The van der Waals surface area contributed by atoms with Crippen molar-refractivity contribution in [2.45, 2.75) is 6.92 Å². The Morgan fingerprint density at radius 3 is 3.00 bits per heavy atom. The molecule has 0 fully saturated rings. The number of likely N-dealkylation sites (N-methyl/N-ethyl adjacent to an activating group) is 1. The molecule has 1 heterocycles. The second-order valence-corrected chi connectivity index (χ2v) is 3.41. The fraction of sp³-hybridized carbons (Fsp3) is 0.545. The van der Waals surface area contributed by atoms with Crippen molar-refractivity contribution < 1.29 is 4.74 Å². The smallest absolute Gasteiger partial charge is 0.214 e. The highest BCUT2D eigenvalue weighted by atomic mass is 16.5. The summed E-state index contributed by atoms with van der Waals surface area (Å²) >= 11 is 0. The Hall–Kier alpha value is -1.29. The third kappa shape index (κ3) is 4.16. The van der Waals surface area contributed by atoms with E-state index >= 15 is 0 Å². The highest BCUT2D eigenvalue weighted by molar-refractivity contribution is 5.44. The number of anilines is 1. The van der Waals surface area contributed by atoms with Gasteiger partial charge in [0.2, 0.25) is 5.88 Å². The molecule has 0 bridgehead atoms. The van der Waals surface area contributed by atoms with Crippen molar-refractivity contribution in [3.05, 3.63) is 18.3 Å². The van der Waals surface area contributed by atoms with E-state index in [0.717, 1.165) is 25.3 Å². The summed E-state index contributed by atoms with van der Waals surface area (Å²) in [6.45, 7) is 5.18. The van der Waals surface area contributed by atoms with Crippen LogP contribution in [0.5, 0.6) is 5.88 Å². The maximum atomic E-state index is 5.04. The third-order valence-corrected chi connectivity index (χ3v) is 2.31. The van der Waals surface area contributed by atoms with Gasteiger partial charge in [-0.2, -0.15) is 0 Å². The number of aromatic nitrogens is 1. The summed E-state index contributed by atoms with van der Waals surface area (Å²) in [5, 5.41) is 3.32. The number of nitrogens with one attached hydrogen (secondary N) is 1. The molecular formula is C11H19N3O. The van der Waals surface area contributed by atoms with Gasteiger partial charge in [0, 0.05) is 31.0 Å². The lowest BCUT2D eigenvalue weighted by Gasteiger charge is -2.14. The van der Waals surface area contributed by atoms with Crippen LogP contribution in [0.4, 0.5) is 5.69 Å². The molecule has 15 heavy (non-hydrogen) atoms. The van der Waals surface area contributed by atoms with Crippen molar-refractivity contribution in [2.75, 3.05) is 39.1 Å². The molecule has 0 saturated carbocycles. The highest BCUT2D eigenvalue weighted by Crippen LogP contribution is 2.12. The van der Waals surface area contributed by atoms with E-state index in [1.165, 1.54) is 0 Å². The molecular weight excluding hydrogens is 190 g/mol. The highest BCUT2D eigenvalue weighted by Gasteiger charge is 1.97. The van der Waals surface area contributed by atoms with Crippen LogP contribution in [-0.2, 0) is 0 Å². The van der Waals surface area contributed by atoms with E-state index in [1.807, 2.05) is 12.1 Å². The first-order valence-corrected chi connectivity index (χ1v) is 5.18. The SMILES string of the molecule is CCN(C)CCNc1ccnc(OC)c1. The van der Waals surface area contributed by atoms with Gasteiger partial charge in [-0.25, -0.2) is 4.98 Å². The number of rotatable bonds is 6. The van der Waals surface area contributed by atoms with Gasteiger partial charge < -0.3 is 15.0 Å². The molecule has 1 N–H and O–H groups in total. The molecule has 1 rings (SSSR count). The van der Waals surface area contributed by atoms with Crippen molar-refractivity contribution >= 4 is 5.69 Å². The van der Waals surface area contributed by atoms with Crippen LogP contribution >= 0.6 is 0 Å². The summed E-state index contributed by atoms with van der Waals surface area (Å²) in [6.07, 6.45) is 1.74. The fourth-order valence-electron chi connectivity index (χ4n) is 1.18. The summed E-state index contributed by atoms with van der Waals surface area (Å²) in [5.41, 5.74) is 1.05. The Labute approximate surface area is 91.3 Å². The Bertz CT molecular complexity index is 291. The minimum absolute atomic E-state index is 0.642. The number of hydrogen-bond acceptors (Lipinski definition) is 4. The van der Waals surface area contributed by atoms with Gasteiger partial charge in [-0.1, -0.05) is 6.92 Å². The van der Waals surface area contributed by atoms with Crippen LogP contribution in [0.1, 0.15) is 6.92 Å². The molecule has 4 heteroatoms. The van der Waals surface area contributed by atoms with E-state index in [9.17, 15) is 0 Å². The standard InChI is InChI=1S/C11H19N3O/c1-4-14(2)8-7-12-10-5-6-13-11(9-10)15-3/h5-6,9H,4,7-8H2,1-3H3,(H,12,13). The zero-order valence-electron chi connectivity index (χ0n) is 9.66. The predicted octanol–water partition coefficient (Wildman–Crippen LogP) is 1.45. The zero-order valence-corrected chi connectivity index (χ0v) is 9.66. The monoisotopic (exact) mass is 209 g/mol. The van der Waals surface area contributed by atoms with Gasteiger partial charge in [-0.05, 0) is 19.7 Å². The number of methoxy groups -OCH3 is 1. The lowest BCUT2D eigenvalue weighted by molar-refractivity contribution is 0.367. The predicted molar refractivity (Wildman–Crippen MR) is 62.4 cm³/mol. The van der Waals surface area contributed by atoms with Crippen LogP contribution in [0.15, 0.2) is 18.3 Å². The van der Waals surface area contributed by atoms with Gasteiger partial charge in [0.25, 0.3) is 0 Å². The first-order chi connectivity index (χ1) is 7.26. The maximum absolute atomic E-state index is 5.04. The number of ether oxygens (including phenoxy) is 1. The summed E-state index contributed by atoms with van der Waals surface area (Å²) in [7, 11) is 3.73. The molecule has 0 amide bonds. The zero-order chi connectivity index (χ0) is 11.1. The van der Waals surface area contributed by atoms with Gasteiger partial charge in [-0.15, -0.1) is 0 Å². The first-order valence-electron chi connectivity index (χ1n) is 5.18. The van der Waals surface area contributed by atoms with Crippen LogP contribution in [0.3, 0.4) is 0 Å². The normalized spacial score (nSPS) is 10.4. The largest absolute Gasteiger partial charge is 0.481 e. The van der Waals surface area contributed by atoms with Crippen molar-refractivity contribution in [1.82, 2.24) is 9.88 Å². The summed E-state index contributed by atoms with van der Waals surface area (Å²) in [5.74, 6) is 0.642. The van der Waals surface area contributed by atoms with E-state index in [1.54, 1.807) is 13.3 Å². The molecule has 1 aromatic rings. The minimum Gasteiger partial charge on any atom is -0.481 e. The van der Waals surface area contributed by atoms with E-state index in [-0.39, 0.29) is 0 Å². The molecule has 0 aliphatic heterocycles. The first kappa shape index (κ1) is 11.8. The molecule has 0 aliphatic carbocycles. The molecule has 0 aliphatic rings. The third-order valence-electron chi connectivity index (χ3n) is 2.31. The molecule has 0 unspecified atom stereocenters. The molecule has 4 nitrogen and oxygen atoms in total. The molecule has 0 atom stereocenters. The second-order valence-electron chi connectivity index (χ2n) is 3.41. The van der Waals surface area contributed by atoms with Crippen molar-refractivity contribution in [2.24, 2.45) is 0 Å². The fourth-order valence-corrected chi connectivity index (χ4v) is 1.18. The minimum atomic E-state index is 0.642. The van der Waals surface area contributed by atoms with E-state index < -0.39 is 0 Å². The van der Waals surface area contributed by atoms with Crippen molar-refractivity contribution in [3.63, 3.8) is 0 Å². The van der Waals surface area contributed by atoms with Crippen LogP contribution in [0.25, 0.3) is 0 Å². The Morgan fingerprint density at radius 1 is 1.53 bits per heavy atom. The summed E-state index contributed by atoms with van der Waals surface area (Å²) in [6, 6.07) is 3.83. The Morgan fingerprint density at radius 2 is 2.33 bits per heavy atom. The molecule has 84 valence electrons. The van der Waals surface area contributed by atoms with Crippen LogP contribution in [0.2, 0.25) is 0 Å². The van der Waals surface area contributed by atoms with Gasteiger partial charge in [0.15, 0.2) is 0 Å². The van der Waals surface area contributed by atoms with Gasteiger partial charge in [-0.3, -0.25) is 0 Å². The number of hydrogen-bond donors (Lipinski definition) is 1. The lowest BCUT2D eigenvalue weighted by atomic mass is 10.4. The van der Waals surface area contributed by atoms with Crippen molar-refractivity contribution in [1.29, 1.82) is 0 Å². The van der Waals surface area contributed by atoms with E-state index in [2.05, 4.69) is 29.2 Å². The van der Waals surface area contributed by atoms with Crippen LogP contribution < -0.4 is 10.1 Å². The maximum Gasteiger partial charge on any atom is 0.214 e.